The van der Waals surface area contributed by atoms with Crippen molar-refractivity contribution >= 4 is 5.91 Å². The number of nitrogens with one attached hydrogen (secondary N) is 1. The molecule has 0 saturated heterocycles. The summed E-state index contributed by atoms with van der Waals surface area (Å²) in [6.07, 6.45) is 0.794. The third-order valence-corrected chi connectivity index (χ3v) is 3.11. The summed E-state index contributed by atoms with van der Waals surface area (Å²) in [5.74, 6) is 0.807. The van der Waals surface area contributed by atoms with Gasteiger partial charge in [0.05, 0.1) is 7.11 Å². The van der Waals surface area contributed by atoms with Crippen molar-refractivity contribution in [1.29, 1.82) is 0 Å². The molecule has 3 heteroatoms. The molecule has 0 bridgehead atoms. The molecule has 0 saturated carbocycles. The number of benzene rings is 2. The van der Waals surface area contributed by atoms with Gasteiger partial charge in [-0.2, -0.15) is 0 Å². The number of hydrogen-bond acceptors (Lipinski definition) is 2. The number of rotatable bonds is 5. The van der Waals surface area contributed by atoms with Gasteiger partial charge in [-0.15, -0.1) is 0 Å². The number of ether oxygens (including phenoxy) is 1. The first-order valence-corrected chi connectivity index (χ1v) is 6.68. The highest BCUT2D eigenvalue weighted by Crippen LogP contribution is 2.12. The second kappa shape index (κ2) is 6.75. The van der Waals surface area contributed by atoms with Gasteiger partial charge in [0.25, 0.3) is 5.91 Å². The van der Waals surface area contributed by atoms with Gasteiger partial charge in [0.2, 0.25) is 0 Å². The third-order valence-electron chi connectivity index (χ3n) is 3.11. The molecule has 1 amide bonds. The lowest BCUT2D eigenvalue weighted by molar-refractivity contribution is 0.0940. The standard InChI is InChI=1S/C17H19NO2/c1-13(12-14-8-10-16(20-2)11-9-14)18-17(19)15-6-4-3-5-7-15/h3-11,13H,12H2,1-2H3,(H,18,19)/t13-/m0/s1. The summed E-state index contributed by atoms with van der Waals surface area (Å²) in [7, 11) is 1.65. The normalized spacial score (nSPS) is 11.7. The molecule has 3 nitrogen and oxygen atoms in total. The smallest absolute Gasteiger partial charge is 0.251 e. The number of amides is 1. The SMILES string of the molecule is COc1ccc(C[C@H](C)NC(=O)c2ccccc2)cc1. The van der Waals surface area contributed by atoms with Gasteiger partial charge >= 0.3 is 0 Å². The van der Waals surface area contributed by atoms with Gasteiger partial charge in [0.1, 0.15) is 5.75 Å². The summed E-state index contributed by atoms with van der Waals surface area (Å²) in [5, 5.41) is 3.00. The molecule has 0 aliphatic heterocycles. The highest BCUT2D eigenvalue weighted by atomic mass is 16.5. The van der Waals surface area contributed by atoms with Gasteiger partial charge in [0, 0.05) is 11.6 Å². The molecular formula is C17H19NO2. The molecule has 20 heavy (non-hydrogen) atoms. The van der Waals surface area contributed by atoms with E-state index in [9.17, 15) is 4.79 Å². The molecular weight excluding hydrogens is 250 g/mol. The van der Waals surface area contributed by atoms with Gasteiger partial charge in [-0.1, -0.05) is 30.3 Å². The molecule has 1 N–H and O–H groups in total. The number of carbonyl (C=O) groups excluding carboxylic acids is 1. The van der Waals surface area contributed by atoms with Crippen molar-refractivity contribution < 1.29 is 9.53 Å². The first-order chi connectivity index (χ1) is 9.69. The second-order valence-electron chi connectivity index (χ2n) is 4.79. The Morgan fingerprint density at radius 2 is 1.75 bits per heavy atom. The van der Waals surface area contributed by atoms with Crippen LogP contribution in [-0.4, -0.2) is 19.1 Å². The average molecular weight is 269 g/mol. The van der Waals surface area contributed by atoms with Crippen LogP contribution < -0.4 is 10.1 Å². The van der Waals surface area contributed by atoms with Crippen LogP contribution in [0.1, 0.15) is 22.8 Å². The van der Waals surface area contributed by atoms with Crippen LogP contribution in [0.25, 0.3) is 0 Å². The fourth-order valence-electron chi connectivity index (χ4n) is 2.06. The monoisotopic (exact) mass is 269 g/mol. The van der Waals surface area contributed by atoms with E-state index in [4.69, 9.17) is 4.74 Å². The minimum Gasteiger partial charge on any atom is -0.497 e. The van der Waals surface area contributed by atoms with Crippen LogP contribution in [0.15, 0.2) is 54.6 Å². The number of hydrogen-bond donors (Lipinski definition) is 1. The zero-order chi connectivity index (χ0) is 14.4. The van der Waals surface area contributed by atoms with Crippen LogP contribution in [0.3, 0.4) is 0 Å². The molecule has 0 spiro atoms. The van der Waals surface area contributed by atoms with E-state index in [1.807, 2.05) is 61.5 Å². The van der Waals surface area contributed by atoms with Crippen molar-refractivity contribution in [1.82, 2.24) is 5.32 Å². The van der Waals surface area contributed by atoms with Crippen LogP contribution in [-0.2, 0) is 6.42 Å². The highest BCUT2D eigenvalue weighted by Gasteiger charge is 2.09. The Kier molecular flexibility index (Phi) is 4.77. The van der Waals surface area contributed by atoms with Crippen LogP contribution in [0.4, 0.5) is 0 Å². The van der Waals surface area contributed by atoms with Gasteiger partial charge in [-0.05, 0) is 43.2 Å². The summed E-state index contributed by atoms with van der Waals surface area (Å²) in [4.78, 5) is 12.0. The average Bonchev–Trinajstić information content (AvgIpc) is 2.49. The van der Waals surface area contributed by atoms with Gasteiger partial charge in [-0.25, -0.2) is 0 Å². The Bertz CT molecular complexity index is 549. The fraction of sp³-hybridized carbons (Fsp3) is 0.235. The molecule has 2 aromatic carbocycles. The van der Waals surface area contributed by atoms with Crippen LogP contribution in [0.2, 0.25) is 0 Å². The van der Waals surface area contributed by atoms with E-state index in [0.29, 0.717) is 5.56 Å². The summed E-state index contributed by atoms with van der Waals surface area (Å²) in [6.45, 7) is 2.01. The number of methoxy groups -OCH3 is 1. The lowest BCUT2D eigenvalue weighted by Gasteiger charge is -2.14. The Morgan fingerprint density at radius 1 is 1.10 bits per heavy atom. The molecule has 0 aromatic heterocycles. The zero-order valence-corrected chi connectivity index (χ0v) is 11.8. The minimum atomic E-state index is -0.0355. The Balaban J connectivity index is 1.91. The van der Waals surface area contributed by atoms with E-state index >= 15 is 0 Å². The molecule has 0 unspecified atom stereocenters. The molecule has 2 rings (SSSR count). The van der Waals surface area contributed by atoms with Crippen molar-refractivity contribution in [3.05, 3.63) is 65.7 Å². The third kappa shape index (κ3) is 3.85. The molecule has 0 aliphatic carbocycles. The molecule has 1 atom stereocenters. The van der Waals surface area contributed by atoms with E-state index in [0.717, 1.165) is 12.2 Å². The molecule has 2 aromatic rings. The van der Waals surface area contributed by atoms with Crippen molar-refractivity contribution in [2.45, 2.75) is 19.4 Å². The van der Waals surface area contributed by atoms with E-state index in [1.165, 1.54) is 5.56 Å². The van der Waals surface area contributed by atoms with Crippen molar-refractivity contribution in [2.24, 2.45) is 0 Å². The predicted octanol–water partition coefficient (Wildman–Crippen LogP) is 3.06. The Labute approximate surface area is 119 Å². The van der Waals surface area contributed by atoms with Crippen molar-refractivity contribution in [3.63, 3.8) is 0 Å². The topological polar surface area (TPSA) is 38.3 Å². The quantitative estimate of drug-likeness (QED) is 0.906. The molecule has 104 valence electrons. The highest BCUT2D eigenvalue weighted by molar-refractivity contribution is 5.94. The van der Waals surface area contributed by atoms with Gasteiger partial charge in [-0.3, -0.25) is 4.79 Å². The van der Waals surface area contributed by atoms with Crippen LogP contribution in [0.5, 0.6) is 5.75 Å². The first-order valence-electron chi connectivity index (χ1n) is 6.68. The number of carbonyl (C=O) groups is 1. The molecule has 0 fully saturated rings. The minimum absolute atomic E-state index is 0.0355. The lowest BCUT2D eigenvalue weighted by atomic mass is 10.1. The van der Waals surface area contributed by atoms with E-state index in [-0.39, 0.29) is 11.9 Å². The summed E-state index contributed by atoms with van der Waals surface area (Å²) in [5.41, 5.74) is 1.86. The lowest BCUT2D eigenvalue weighted by Crippen LogP contribution is -2.34. The van der Waals surface area contributed by atoms with Gasteiger partial charge < -0.3 is 10.1 Å². The van der Waals surface area contributed by atoms with E-state index in [1.54, 1.807) is 7.11 Å². The molecule has 0 heterocycles. The fourth-order valence-corrected chi connectivity index (χ4v) is 2.06. The van der Waals surface area contributed by atoms with Crippen molar-refractivity contribution in [2.75, 3.05) is 7.11 Å². The van der Waals surface area contributed by atoms with Gasteiger partial charge in [0.15, 0.2) is 0 Å². The maximum Gasteiger partial charge on any atom is 0.251 e. The largest absolute Gasteiger partial charge is 0.497 e. The van der Waals surface area contributed by atoms with E-state index in [2.05, 4.69) is 5.32 Å². The Hall–Kier alpha value is -2.29. The summed E-state index contributed by atoms with van der Waals surface area (Å²) >= 11 is 0. The summed E-state index contributed by atoms with van der Waals surface area (Å²) in [6, 6.07) is 17.2. The Morgan fingerprint density at radius 3 is 2.35 bits per heavy atom. The van der Waals surface area contributed by atoms with Crippen LogP contribution >= 0.6 is 0 Å². The van der Waals surface area contributed by atoms with E-state index < -0.39 is 0 Å². The zero-order valence-electron chi connectivity index (χ0n) is 11.8. The molecule has 0 aliphatic rings. The first kappa shape index (κ1) is 14.1. The summed E-state index contributed by atoms with van der Waals surface area (Å²) < 4.78 is 5.13. The molecule has 0 radical (unpaired) electrons. The van der Waals surface area contributed by atoms with Crippen LogP contribution in [0, 0.1) is 0 Å². The predicted molar refractivity (Wildman–Crippen MR) is 80.1 cm³/mol. The maximum absolute atomic E-state index is 12.0. The van der Waals surface area contributed by atoms with Crippen molar-refractivity contribution in [3.8, 4) is 5.75 Å². The maximum atomic E-state index is 12.0. The second-order valence-corrected chi connectivity index (χ2v) is 4.79.